The van der Waals surface area contributed by atoms with Crippen molar-refractivity contribution < 1.29 is 4.39 Å². The highest BCUT2D eigenvalue weighted by molar-refractivity contribution is 5.71. The van der Waals surface area contributed by atoms with Gasteiger partial charge in [-0.1, -0.05) is 18.2 Å². The van der Waals surface area contributed by atoms with Gasteiger partial charge in [-0.2, -0.15) is 0 Å². The van der Waals surface area contributed by atoms with Gasteiger partial charge in [0.1, 0.15) is 5.82 Å². The summed E-state index contributed by atoms with van der Waals surface area (Å²) >= 11 is 0. The summed E-state index contributed by atoms with van der Waals surface area (Å²) in [4.78, 5) is 2.05. The predicted octanol–water partition coefficient (Wildman–Crippen LogP) is 3.56. The molecule has 0 radical (unpaired) electrons. The van der Waals surface area contributed by atoms with Crippen molar-refractivity contribution in [2.45, 2.75) is 6.42 Å². The van der Waals surface area contributed by atoms with E-state index in [1.807, 2.05) is 35.2 Å². The van der Waals surface area contributed by atoms with Crippen LogP contribution in [0, 0.1) is 5.82 Å². The summed E-state index contributed by atoms with van der Waals surface area (Å²) in [6.45, 7) is 0.842. The second-order valence-electron chi connectivity index (χ2n) is 4.45. The average molecular weight is 242 g/mol. The molecular formula is C15H15FN2. The Morgan fingerprint density at radius 1 is 1.11 bits per heavy atom. The van der Waals surface area contributed by atoms with Crippen molar-refractivity contribution in [3.63, 3.8) is 0 Å². The summed E-state index contributed by atoms with van der Waals surface area (Å²) in [7, 11) is 1.79. The highest BCUT2D eigenvalue weighted by Gasteiger charge is 2.21. The number of anilines is 3. The van der Waals surface area contributed by atoms with Crippen LogP contribution in [0.3, 0.4) is 0 Å². The zero-order valence-corrected chi connectivity index (χ0v) is 10.3. The van der Waals surface area contributed by atoms with Gasteiger partial charge in [0.2, 0.25) is 0 Å². The molecule has 0 fully saturated rings. The molecule has 0 unspecified atom stereocenters. The van der Waals surface area contributed by atoms with E-state index in [0.717, 1.165) is 24.3 Å². The Bertz CT molecular complexity index is 580. The van der Waals surface area contributed by atoms with Crippen LogP contribution >= 0.6 is 0 Å². The van der Waals surface area contributed by atoms with Gasteiger partial charge in [-0.3, -0.25) is 0 Å². The van der Waals surface area contributed by atoms with Crippen LogP contribution in [0.4, 0.5) is 21.5 Å². The molecule has 0 bridgehead atoms. The van der Waals surface area contributed by atoms with Gasteiger partial charge in [-0.25, -0.2) is 4.39 Å². The SMILES string of the molecule is CNc1ccc(N2CCc3ccccc32)c(F)c1. The average Bonchev–Trinajstić information content (AvgIpc) is 2.82. The molecule has 2 aromatic carbocycles. The molecule has 0 saturated heterocycles. The number of hydrogen-bond donors (Lipinski definition) is 1. The summed E-state index contributed by atoms with van der Waals surface area (Å²) in [6, 6.07) is 13.5. The third-order valence-electron chi connectivity index (χ3n) is 3.41. The third kappa shape index (κ3) is 1.72. The molecule has 3 heteroatoms. The van der Waals surface area contributed by atoms with E-state index in [1.165, 1.54) is 11.6 Å². The van der Waals surface area contributed by atoms with Crippen molar-refractivity contribution in [3.8, 4) is 0 Å². The number of halogens is 1. The molecule has 1 aliphatic heterocycles. The minimum Gasteiger partial charge on any atom is -0.388 e. The standard InChI is InChI=1S/C15H15FN2/c1-17-12-6-7-15(13(16)10-12)18-9-8-11-4-2-3-5-14(11)18/h2-7,10,17H,8-9H2,1H3. The van der Waals surface area contributed by atoms with Crippen LogP contribution in [-0.2, 0) is 6.42 Å². The minimum atomic E-state index is -0.182. The van der Waals surface area contributed by atoms with Gasteiger partial charge in [-0.15, -0.1) is 0 Å². The van der Waals surface area contributed by atoms with Crippen molar-refractivity contribution in [2.24, 2.45) is 0 Å². The lowest BCUT2D eigenvalue weighted by atomic mass is 10.2. The van der Waals surface area contributed by atoms with Crippen molar-refractivity contribution in [3.05, 3.63) is 53.8 Å². The van der Waals surface area contributed by atoms with E-state index in [2.05, 4.69) is 11.4 Å². The van der Waals surface area contributed by atoms with Gasteiger partial charge in [0.25, 0.3) is 0 Å². The second kappa shape index (κ2) is 4.33. The number of fused-ring (bicyclic) bond motifs is 1. The molecule has 0 saturated carbocycles. The molecule has 92 valence electrons. The normalized spacial score (nSPS) is 13.6. The molecule has 1 heterocycles. The van der Waals surface area contributed by atoms with Crippen LogP contribution in [0.2, 0.25) is 0 Å². The summed E-state index contributed by atoms with van der Waals surface area (Å²) < 4.78 is 14.1. The van der Waals surface area contributed by atoms with Gasteiger partial charge in [0.15, 0.2) is 0 Å². The first-order chi connectivity index (χ1) is 8.79. The fourth-order valence-electron chi connectivity index (χ4n) is 2.47. The van der Waals surface area contributed by atoms with E-state index >= 15 is 0 Å². The number of nitrogens with zero attached hydrogens (tertiary/aromatic N) is 1. The lowest BCUT2D eigenvalue weighted by Gasteiger charge is -2.20. The topological polar surface area (TPSA) is 15.3 Å². The lowest BCUT2D eigenvalue weighted by molar-refractivity contribution is 0.626. The number of nitrogens with one attached hydrogen (secondary N) is 1. The molecule has 2 aromatic rings. The largest absolute Gasteiger partial charge is 0.388 e. The monoisotopic (exact) mass is 242 g/mol. The zero-order chi connectivity index (χ0) is 12.5. The summed E-state index contributed by atoms with van der Waals surface area (Å²) in [6.07, 6.45) is 0.976. The maximum Gasteiger partial charge on any atom is 0.148 e. The fraction of sp³-hybridized carbons (Fsp3) is 0.200. The molecule has 0 spiro atoms. The van der Waals surface area contributed by atoms with Crippen molar-refractivity contribution in [1.82, 2.24) is 0 Å². The van der Waals surface area contributed by atoms with Crippen LogP contribution in [0.25, 0.3) is 0 Å². The molecular weight excluding hydrogens is 227 g/mol. The van der Waals surface area contributed by atoms with Gasteiger partial charge in [0, 0.05) is 25.0 Å². The van der Waals surface area contributed by atoms with E-state index in [4.69, 9.17) is 0 Å². The molecule has 2 nitrogen and oxygen atoms in total. The Kier molecular flexibility index (Phi) is 2.67. The Morgan fingerprint density at radius 2 is 1.94 bits per heavy atom. The van der Waals surface area contributed by atoms with Crippen LogP contribution in [0.15, 0.2) is 42.5 Å². The Labute approximate surface area is 106 Å². The van der Waals surface area contributed by atoms with E-state index in [1.54, 1.807) is 7.05 Å². The number of hydrogen-bond acceptors (Lipinski definition) is 2. The van der Waals surface area contributed by atoms with Gasteiger partial charge < -0.3 is 10.2 Å². The van der Waals surface area contributed by atoms with E-state index in [0.29, 0.717) is 5.69 Å². The first-order valence-electron chi connectivity index (χ1n) is 6.12. The summed E-state index contributed by atoms with van der Waals surface area (Å²) in [5, 5.41) is 2.95. The first-order valence-corrected chi connectivity index (χ1v) is 6.12. The van der Waals surface area contributed by atoms with Crippen molar-refractivity contribution >= 4 is 17.1 Å². The molecule has 3 rings (SSSR count). The lowest BCUT2D eigenvalue weighted by Crippen LogP contribution is -2.14. The molecule has 1 aliphatic rings. The van der Waals surface area contributed by atoms with Crippen LogP contribution in [0.5, 0.6) is 0 Å². The fourth-order valence-corrected chi connectivity index (χ4v) is 2.47. The smallest absolute Gasteiger partial charge is 0.148 e. The van der Waals surface area contributed by atoms with Gasteiger partial charge in [0.05, 0.1) is 5.69 Å². The molecule has 1 N–H and O–H groups in total. The highest BCUT2D eigenvalue weighted by atomic mass is 19.1. The van der Waals surface area contributed by atoms with Crippen LogP contribution in [-0.4, -0.2) is 13.6 Å². The minimum absolute atomic E-state index is 0.182. The molecule has 18 heavy (non-hydrogen) atoms. The van der Waals surface area contributed by atoms with Gasteiger partial charge >= 0.3 is 0 Å². The second-order valence-corrected chi connectivity index (χ2v) is 4.45. The maximum atomic E-state index is 14.1. The maximum absolute atomic E-state index is 14.1. The van der Waals surface area contributed by atoms with Crippen molar-refractivity contribution in [1.29, 1.82) is 0 Å². The summed E-state index contributed by atoms with van der Waals surface area (Å²) in [5.74, 6) is -0.182. The predicted molar refractivity (Wildman–Crippen MR) is 73.1 cm³/mol. The molecule has 0 atom stereocenters. The summed E-state index contributed by atoms with van der Waals surface area (Å²) in [5.41, 5.74) is 3.85. The van der Waals surface area contributed by atoms with Crippen molar-refractivity contribution in [2.75, 3.05) is 23.8 Å². The Hall–Kier alpha value is -2.03. The Balaban J connectivity index is 2.02. The van der Waals surface area contributed by atoms with Crippen LogP contribution in [0.1, 0.15) is 5.56 Å². The van der Waals surface area contributed by atoms with Crippen LogP contribution < -0.4 is 10.2 Å². The molecule has 0 aliphatic carbocycles. The van der Waals surface area contributed by atoms with E-state index < -0.39 is 0 Å². The van der Waals surface area contributed by atoms with E-state index in [9.17, 15) is 4.39 Å². The highest BCUT2D eigenvalue weighted by Crippen LogP contribution is 2.36. The number of rotatable bonds is 2. The molecule has 0 aromatic heterocycles. The molecule has 0 amide bonds. The quantitative estimate of drug-likeness (QED) is 0.866. The van der Waals surface area contributed by atoms with E-state index in [-0.39, 0.29) is 5.82 Å². The number of benzene rings is 2. The Morgan fingerprint density at radius 3 is 2.72 bits per heavy atom. The number of para-hydroxylation sites is 1. The first kappa shape index (κ1) is 11.1. The third-order valence-corrected chi connectivity index (χ3v) is 3.41. The zero-order valence-electron chi connectivity index (χ0n) is 10.3. The van der Waals surface area contributed by atoms with Gasteiger partial charge in [-0.05, 0) is 36.2 Å².